The van der Waals surface area contributed by atoms with Gasteiger partial charge in [-0.25, -0.2) is 5.48 Å². The van der Waals surface area contributed by atoms with Gasteiger partial charge in [-0.05, 0) is 37.6 Å². The second-order valence-electron chi connectivity index (χ2n) is 5.55. The third-order valence-electron chi connectivity index (χ3n) is 3.66. The van der Waals surface area contributed by atoms with E-state index in [1.165, 1.54) is 10.8 Å². The van der Waals surface area contributed by atoms with Crippen molar-refractivity contribution in [2.24, 2.45) is 7.05 Å². The molecule has 8 heteroatoms. The van der Waals surface area contributed by atoms with E-state index in [9.17, 15) is 9.59 Å². The third-order valence-corrected chi connectivity index (χ3v) is 4.15. The molecule has 3 N–H and O–H groups in total. The summed E-state index contributed by atoms with van der Waals surface area (Å²) in [6.07, 6.45) is 1.45. The van der Waals surface area contributed by atoms with Crippen molar-refractivity contribution >= 4 is 33.2 Å². The molecular weight excluding hydrogens is 390 g/mol. The van der Waals surface area contributed by atoms with Gasteiger partial charge in [0.25, 0.3) is 11.5 Å². The summed E-state index contributed by atoms with van der Waals surface area (Å²) in [5.74, 6) is -0.510. The van der Waals surface area contributed by atoms with E-state index in [0.717, 1.165) is 15.7 Å². The van der Waals surface area contributed by atoms with E-state index in [-0.39, 0.29) is 24.3 Å². The number of carbonyl (C=O) groups excluding carboxylic acids is 1. The predicted molar refractivity (Wildman–Crippen MR) is 99.1 cm³/mol. The highest BCUT2D eigenvalue weighted by Gasteiger charge is 2.18. The number of hydroxylamine groups is 1. The Labute approximate surface area is 153 Å². The summed E-state index contributed by atoms with van der Waals surface area (Å²) < 4.78 is 2.28. The Balaban J connectivity index is 2.45. The monoisotopic (exact) mass is 409 g/mol. The molecule has 0 fully saturated rings. The van der Waals surface area contributed by atoms with E-state index in [1.807, 2.05) is 25.1 Å². The van der Waals surface area contributed by atoms with Crippen LogP contribution in [0, 0.1) is 13.8 Å². The van der Waals surface area contributed by atoms with Gasteiger partial charge in [0.15, 0.2) is 0 Å². The minimum atomic E-state index is -0.510. The number of halogens is 1. The van der Waals surface area contributed by atoms with Crippen LogP contribution >= 0.6 is 15.9 Å². The molecule has 2 rings (SSSR count). The highest BCUT2D eigenvalue weighted by Crippen LogP contribution is 2.27. The van der Waals surface area contributed by atoms with Crippen molar-refractivity contribution in [2.45, 2.75) is 13.8 Å². The first kappa shape index (κ1) is 19.2. The fourth-order valence-corrected chi connectivity index (χ4v) is 2.82. The zero-order valence-corrected chi connectivity index (χ0v) is 15.8. The second kappa shape index (κ2) is 8.28. The van der Waals surface area contributed by atoms with Crippen LogP contribution in [0.5, 0.6) is 0 Å². The van der Waals surface area contributed by atoms with Crippen molar-refractivity contribution in [3.8, 4) is 0 Å². The fourth-order valence-electron chi connectivity index (χ4n) is 2.34. The van der Waals surface area contributed by atoms with E-state index in [2.05, 4.69) is 26.7 Å². The van der Waals surface area contributed by atoms with Gasteiger partial charge in [0.1, 0.15) is 0 Å². The molecule has 0 spiro atoms. The molecule has 0 aliphatic rings. The van der Waals surface area contributed by atoms with E-state index >= 15 is 0 Å². The number of aliphatic hydroxyl groups is 1. The molecule has 0 aliphatic carbocycles. The molecule has 0 unspecified atom stereocenters. The summed E-state index contributed by atoms with van der Waals surface area (Å²) in [7, 11) is 1.58. The minimum absolute atomic E-state index is 0.0227. The first-order valence-electron chi connectivity index (χ1n) is 7.61. The molecule has 0 saturated carbocycles. The Bertz CT molecular complexity index is 849. The number of carbonyl (C=O) groups is 1. The Kier molecular flexibility index (Phi) is 6.35. The smallest absolute Gasteiger partial charge is 0.278 e. The van der Waals surface area contributed by atoms with Crippen LogP contribution < -0.4 is 16.4 Å². The lowest BCUT2D eigenvalue weighted by Gasteiger charge is -2.17. The summed E-state index contributed by atoms with van der Waals surface area (Å²) in [5, 5.41) is 11.9. The van der Waals surface area contributed by atoms with Crippen molar-refractivity contribution in [1.29, 1.82) is 0 Å². The highest BCUT2D eigenvalue weighted by molar-refractivity contribution is 9.10. The van der Waals surface area contributed by atoms with Crippen LogP contribution in [0.4, 0.5) is 11.4 Å². The van der Waals surface area contributed by atoms with Crippen LogP contribution in [0.3, 0.4) is 0 Å². The van der Waals surface area contributed by atoms with Gasteiger partial charge in [-0.1, -0.05) is 15.9 Å². The average molecular weight is 410 g/mol. The maximum absolute atomic E-state index is 12.4. The highest BCUT2D eigenvalue weighted by atomic mass is 79.9. The molecule has 1 aromatic carbocycles. The molecule has 134 valence electrons. The van der Waals surface area contributed by atoms with Gasteiger partial charge in [-0.2, -0.15) is 0 Å². The average Bonchev–Trinajstić information content (AvgIpc) is 2.57. The number of amides is 1. The second-order valence-corrected chi connectivity index (χ2v) is 6.46. The topological polar surface area (TPSA) is 92.6 Å². The Morgan fingerprint density at radius 2 is 2.08 bits per heavy atom. The van der Waals surface area contributed by atoms with Crippen molar-refractivity contribution < 1.29 is 14.7 Å². The molecule has 1 heterocycles. The number of hydrogen-bond acceptors (Lipinski definition) is 5. The molecule has 0 atom stereocenters. The largest absolute Gasteiger partial charge is 0.394 e. The number of nitrogens with zero attached hydrogens (tertiary/aromatic N) is 1. The number of aliphatic hydroxyl groups excluding tert-OH is 1. The quantitative estimate of drug-likeness (QED) is 0.502. The maximum atomic E-state index is 12.4. The lowest BCUT2D eigenvalue weighted by atomic mass is 10.1. The summed E-state index contributed by atoms with van der Waals surface area (Å²) >= 11 is 3.41. The summed E-state index contributed by atoms with van der Waals surface area (Å²) in [6, 6.07) is 5.67. The van der Waals surface area contributed by atoms with Crippen molar-refractivity contribution in [3.05, 3.63) is 55.9 Å². The van der Waals surface area contributed by atoms with Crippen molar-refractivity contribution in [1.82, 2.24) is 10.0 Å². The SMILES string of the molecule is Cc1cc(Br)ccc1Nc1c(C(=O)NOCCO)cn(C)c(=O)c1C. The number of pyridine rings is 1. The van der Waals surface area contributed by atoms with E-state index in [4.69, 9.17) is 9.94 Å². The molecule has 25 heavy (non-hydrogen) atoms. The first-order chi connectivity index (χ1) is 11.8. The summed E-state index contributed by atoms with van der Waals surface area (Å²) in [5.41, 5.74) is 4.89. The number of hydrogen-bond donors (Lipinski definition) is 3. The molecule has 1 aromatic heterocycles. The van der Waals surface area contributed by atoms with Gasteiger partial charge >= 0.3 is 0 Å². The van der Waals surface area contributed by atoms with E-state index in [1.54, 1.807) is 14.0 Å². The van der Waals surface area contributed by atoms with Gasteiger partial charge in [-0.15, -0.1) is 0 Å². The molecule has 1 amide bonds. The van der Waals surface area contributed by atoms with Crippen LogP contribution in [-0.4, -0.2) is 28.8 Å². The van der Waals surface area contributed by atoms with Crippen LogP contribution in [0.25, 0.3) is 0 Å². The number of aromatic nitrogens is 1. The minimum Gasteiger partial charge on any atom is -0.394 e. The number of benzene rings is 1. The zero-order chi connectivity index (χ0) is 18.6. The number of rotatable bonds is 6. The van der Waals surface area contributed by atoms with Crippen LogP contribution in [-0.2, 0) is 11.9 Å². The molecule has 0 saturated heterocycles. The van der Waals surface area contributed by atoms with Crippen molar-refractivity contribution in [2.75, 3.05) is 18.5 Å². The van der Waals surface area contributed by atoms with Gasteiger partial charge in [-0.3, -0.25) is 14.4 Å². The fraction of sp³-hybridized carbons (Fsp3) is 0.294. The Morgan fingerprint density at radius 3 is 2.72 bits per heavy atom. The van der Waals surface area contributed by atoms with Crippen molar-refractivity contribution in [3.63, 3.8) is 0 Å². The molecular formula is C17H20BrN3O4. The molecule has 0 aliphatic heterocycles. The van der Waals surface area contributed by atoms with Crippen LogP contribution in [0.2, 0.25) is 0 Å². The lowest BCUT2D eigenvalue weighted by molar-refractivity contribution is 0.0168. The number of anilines is 2. The third kappa shape index (κ3) is 4.47. The summed E-state index contributed by atoms with van der Waals surface area (Å²) in [6.45, 7) is 3.35. The molecule has 2 aromatic rings. The standard InChI is InChI=1S/C17H20BrN3O4/c1-10-8-12(18)4-5-14(10)19-15-11(2)17(24)21(3)9-13(15)16(23)20-25-7-6-22/h4-5,8-9,19,22H,6-7H2,1-3H3,(H,20,23). The maximum Gasteiger partial charge on any atom is 0.278 e. The zero-order valence-electron chi connectivity index (χ0n) is 14.2. The Hall–Kier alpha value is -2.16. The molecule has 7 nitrogen and oxygen atoms in total. The van der Waals surface area contributed by atoms with Gasteiger partial charge in [0.05, 0.1) is 24.5 Å². The van der Waals surface area contributed by atoms with Gasteiger partial charge in [0, 0.05) is 29.0 Å². The number of nitrogens with one attached hydrogen (secondary N) is 2. The van der Waals surface area contributed by atoms with Crippen LogP contribution in [0.15, 0.2) is 33.7 Å². The first-order valence-corrected chi connectivity index (χ1v) is 8.40. The number of aryl methyl sites for hydroxylation is 2. The lowest BCUT2D eigenvalue weighted by Crippen LogP contribution is -2.29. The molecule has 0 radical (unpaired) electrons. The molecule has 0 bridgehead atoms. The summed E-state index contributed by atoms with van der Waals surface area (Å²) in [4.78, 5) is 29.6. The Morgan fingerprint density at radius 1 is 1.36 bits per heavy atom. The predicted octanol–water partition coefficient (Wildman–Crippen LogP) is 2.16. The van der Waals surface area contributed by atoms with Crippen LogP contribution in [0.1, 0.15) is 21.5 Å². The van der Waals surface area contributed by atoms with E-state index in [0.29, 0.717) is 11.3 Å². The van der Waals surface area contributed by atoms with E-state index < -0.39 is 5.91 Å². The van der Waals surface area contributed by atoms with Gasteiger partial charge < -0.3 is 15.0 Å². The normalized spacial score (nSPS) is 10.6. The van der Waals surface area contributed by atoms with Gasteiger partial charge in [0.2, 0.25) is 0 Å².